The first kappa shape index (κ1) is 12.7. The van der Waals surface area contributed by atoms with Crippen molar-refractivity contribution in [1.82, 2.24) is 0 Å². The van der Waals surface area contributed by atoms with Crippen LogP contribution in [0.4, 0.5) is 0 Å². The van der Waals surface area contributed by atoms with Crippen LogP contribution >= 0.6 is 24.4 Å². The molecule has 1 atom stereocenters. The van der Waals surface area contributed by atoms with Crippen LogP contribution in [0.3, 0.4) is 0 Å². The SMILES string of the molecule is CC(C)CSCC(CS)C(C)C. The summed E-state index contributed by atoms with van der Waals surface area (Å²) in [5.41, 5.74) is 0. The Morgan fingerprint density at radius 3 is 2.00 bits per heavy atom. The molecule has 0 heterocycles. The molecule has 0 aliphatic carbocycles. The Balaban J connectivity index is 3.45. The Hall–Kier alpha value is 0.700. The van der Waals surface area contributed by atoms with E-state index in [1.54, 1.807) is 0 Å². The maximum absolute atomic E-state index is 4.37. The monoisotopic (exact) mass is 206 g/mol. The molecular weight excluding hydrogens is 184 g/mol. The Bertz CT molecular complexity index is 100. The van der Waals surface area contributed by atoms with Crippen molar-refractivity contribution in [3.63, 3.8) is 0 Å². The number of thioether (sulfide) groups is 1. The van der Waals surface area contributed by atoms with Gasteiger partial charge in [0, 0.05) is 0 Å². The van der Waals surface area contributed by atoms with Gasteiger partial charge in [-0.25, -0.2) is 0 Å². The maximum Gasteiger partial charge on any atom is -0.00288 e. The zero-order valence-corrected chi connectivity index (χ0v) is 10.4. The van der Waals surface area contributed by atoms with Crippen molar-refractivity contribution >= 4 is 24.4 Å². The molecule has 0 aromatic heterocycles. The molecule has 0 amide bonds. The van der Waals surface area contributed by atoms with Crippen LogP contribution in [0.5, 0.6) is 0 Å². The fourth-order valence-corrected chi connectivity index (χ4v) is 3.05. The van der Waals surface area contributed by atoms with E-state index >= 15 is 0 Å². The van der Waals surface area contributed by atoms with Crippen molar-refractivity contribution in [3.8, 4) is 0 Å². The van der Waals surface area contributed by atoms with Gasteiger partial charge in [0.05, 0.1) is 0 Å². The van der Waals surface area contributed by atoms with E-state index < -0.39 is 0 Å². The maximum atomic E-state index is 4.37. The van der Waals surface area contributed by atoms with E-state index in [1.807, 2.05) is 0 Å². The normalized spacial score (nSPS) is 14.2. The molecule has 74 valence electrons. The zero-order chi connectivity index (χ0) is 9.56. The largest absolute Gasteiger partial charge is 0.179 e. The van der Waals surface area contributed by atoms with Crippen molar-refractivity contribution in [3.05, 3.63) is 0 Å². The van der Waals surface area contributed by atoms with E-state index in [-0.39, 0.29) is 0 Å². The molecule has 1 unspecified atom stereocenters. The van der Waals surface area contributed by atoms with Crippen LogP contribution in [0, 0.1) is 17.8 Å². The van der Waals surface area contributed by atoms with Gasteiger partial charge in [0.25, 0.3) is 0 Å². The molecule has 0 aromatic rings. The molecule has 0 fully saturated rings. The fourth-order valence-electron chi connectivity index (χ4n) is 0.911. The molecule has 0 saturated carbocycles. The third-order valence-corrected chi connectivity index (χ3v) is 4.00. The molecule has 0 aliphatic rings. The summed E-state index contributed by atoms with van der Waals surface area (Å²) in [6.45, 7) is 9.13. The van der Waals surface area contributed by atoms with Crippen molar-refractivity contribution in [1.29, 1.82) is 0 Å². The second-order valence-electron chi connectivity index (χ2n) is 4.12. The predicted molar refractivity (Wildman–Crippen MR) is 64.3 cm³/mol. The molecule has 0 saturated heterocycles. The lowest BCUT2D eigenvalue weighted by molar-refractivity contribution is 0.473. The van der Waals surface area contributed by atoms with Crippen LogP contribution < -0.4 is 0 Å². The van der Waals surface area contributed by atoms with Crippen LogP contribution in [0.1, 0.15) is 27.7 Å². The molecule has 0 bridgehead atoms. The summed E-state index contributed by atoms with van der Waals surface area (Å²) in [6, 6.07) is 0. The first-order valence-corrected chi connectivity index (χ1v) is 6.55. The van der Waals surface area contributed by atoms with Gasteiger partial charge in [-0.3, -0.25) is 0 Å². The van der Waals surface area contributed by atoms with Crippen molar-refractivity contribution in [2.75, 3.05) is 17.3 Å². The number of rotatable bonds is 6. The quantitative estimate of drug-likeness (QED) is 0.648. The Kier molecular flexibility index (Phi) is 7.55. The summed E-state index contributed by atoms with van der Waals surface area (Å²) >= 11 is 6.44. The third kappa shape index (κ3) is 6.24. The standard InChI is InChI=1S/C10H22S2/c1-8(2)6-12-7-10(5-11)9(3)4/h8-11H,5-7H2,1-4H3. The summed E-state index contributed by atoms with van der Waals surface area (Å²) in [7, 11) is 0. The first-order chi connectivity index (χ1) is 5.57. The first-order valence-electron chi connectivity index (χ1n) is 4.76. The van der Waals surface area contributed by atoms with E-state index in [0.717, 1.165) is 23.5 Å². The van der Waals surface area contributed by atoms with E-state index in [0.29, 0.717) is 0 Å². The lowest BCUT2D eigenvalue weighted by Crippen LogP contribution is -2.14. The van der Waals surface area contributed by atoms with Gasteiger partial charge in [-0.2, -0.15) is 24.4 Å². The molecule has 0 radical (unpaired) electrons. The van der Waals surface area contributed by atoms with Gasteiger partial charge < -0.3 is 0 Å². The molecule has 0 spiro atoms. The minimum atomic E-state index is 0.780. The lowest BCUT2D eigenvalue weighted by atomic mass is 10.0. The highest BCUT2D eigenvalue weighted by Crippen LogP contribution is 2.19. The highest BCUT2D eigenvalue weighted by atomic mass is 32.2. The van der Waals surface area contributed by atoms with Crippen LogP contribution in [-0.4, -0.2) is 17.3 Å². The minimum absolute atomic E-state index is 0.780. The molecule has 12 heavy (non-hydrogen) atoms. The molecule has 2 heteroatoms. The van der Waals surface area contributed by atoms with Gasteiger partial charge in [-0.15, -0.1) is 0 Å². The summed E-state index contributed by atoms with van der Waals surface area (Å²) in [6.07, 6.45) is 0. The molecule has 0 nitrogen and oxygen atoms in total. The minimum Gasteiger partial charge on any atom is -0.179 e. The summed E-state index contributed by atoms with van der Waals surface area (Å²) in [4.78, 5) is 0. The van der Waals surface area contributed by atoms with E-state index in [2.05, 4.69) is 52.1 Å². The van der Waals surface area contributed by atoms with Crippen molar-refractivity contribution in [2.45, 2.75) is 27.7 Å². The van der Waals surface area contributed by atoms with Crippen molar-refractivity contribution in [2.24, 2.45) is 17.8 Å². The lowest BCUT2D eigenvalue weighted by Gasteiger charge is -2.18. The highest BCUT2D eigenvalue weighted by molar-refractivity contribution is 7.99. The average Bonchev–Trinajstić information content (AvgIpc) is 1.96. The number of hydrogen-bond donors (Lipinski definition) is 1. The third-order valence-electron chi connectivity index (χ3n) is 1.96. The van der Waals surface area contributed by atoms with Gasteiger partial charge in [0.1, 0.15) is 0 Å². The number of thiol groups is 1. The summed E-state index contributed by atoms with van der Waals surface area (Å²) in [5, 5.41) is 0. The summed E-state index contributed by atoms with van der Waals surface area (Å²) < 4.78 is 0. The van der Waals surface area contributed by atoms with Gasteiger partial charge >= 0.3 is 0 Å². The van der Waals surface area contributed by atoms with E-state index in [1.165, 1.54) is 11.5 Å². The fraction of sp³-hybridized carbons (Fsp3) is 1.00. The van der Waals surface area contributed by atoms with Gasteiger partial charge in [-0.05, 0) is 35.0 Å². The van der Waals surface area contributed by atoms with Gasteiger partial charge in [0.2, 0.25) is 0 Å². The highest BCUT2D eigenvalue weighted by Gasteiger charge is 2.11. The van der Waals surface area contributed by atoms with Crippen LogP contribution in [0.25, 0.3) is 0 Å². The van der Waals surface area contributed by atoms with E-state index in [4.69, 9.17) is 0 Å². The average molecular weight is 206 g/mol. The van der Waals surface area contributed by atoms with Crippen LogP contribution in [0.2, 0.25) is 0 Å². The van der Waals surface area contributed by atoms with E-state index in [9.17, 15) is 0 Å². The van der Waals surface area contributed by atoms with Crippen LogP contribution in [0.15, 0.2) is 0 Å². The second kappa shape index (κ2) is 7.14. The Morgan fingerprint density at radius 1 is 1.08 bits per heavy atom. The molecular formula is C10H22S2. The molecule has 0 aliphatic heterocycles. The van der Waals surface area contributed by atoms with Gasteiger partial charge in [0.15, 0.2) is 0 Å². The number of hydrogen-bond acceptors (Lipinski definition) is 2. The topological polar surface area (TPSA) is 0 Å². The molecule has 0 aromatic carbocycles. The van der Waals surface area contributed by atoms with Crippen LogP contribution in [-0.2, 0) is 0 Å². The summed E-state index contributed by atoms with van der Waals surface area (Å²) in [5.74, 6) is 5.99. The molecule has 0 N–H and O–H groups in total. The van der Waals surface area contributed by atoms with Crippen molar-refractivity contribution < 1.29 is 0 Å². The Labute approximate surface area is 87.3 Å². The predicted octanol–water partition coefficient (Wildman–Crippen LogP) is 3.58. The smallest absolute Gasteiger partial charge is 0.00288 e. The second-order valence-corrected chi connectivity index (χ2v) is 5.56. The Morgan fingerprint density at radius 2 is 1.67 bits per heavy atom. The molecule has 0 rings (SSSR count). The van der Waals surface area contributed by atoms with Gasteiger partial charge in [-0.1, -0.05) is 27.7 Å². The zero-order valence-electron chi connectivity index (χ0n) is 8.71.